The van der Waals surface area contributed by atoms with Crippen molar-refractivity contribution >= 4 is 0 Å². The third kappa shape index (κ3) is 4.30. The molecular weight excluding hydrogens is 262 g/mol. The normalized spacial score (nSPS) is 18.8. The van der Waals surface area contributed by atoms with Crippen LogP contribution in [-0.4, -0.2) is 28.5 Å². The van der Waals surface area contributed by atoms with E-state index in [1.165, 1.54) is 29.8 Å². The Labute approximate surface area is 129 Å². The van der Waals surface area contributed by atoms with Crippen LogP contribution in [0.3, 0.4) is 0 Å². The number of hydrogen-bond acceptors (Lipinski definition) is 3. The second-order valence-electron chi connectivity index (χ2n) is 6.26. The van der Waals surface area contributed by atoms with Crippen LogP contribution >= 0.6 is 0 Å². The Morgan fingerprint density at radius 3 is 2.71 bits per heavy atom. The van der Waals surface area contributed by atoms with E-state index < -0.39 is 0 Å². The third-order valence-corrected chi connectivity index (χ3v) is 4.29. The smallest absolute Gasteiger partial charge is 0.0669 e. The van der Waals surface area contributed by atoms with Crippen LogP contribution < -0.4 is 5.32 Å². The molecule has 1 aromatic heterocycles. The van der Waals surface area contributed by atoms with E-state index in [0.29, 0.717) is 12.1 Å². The molecule has 0 saturated carbocycles. The highest BCUT2D eigenvalue weighted by molar-refractivity contribution is 5.26. The molecule has 0 aromatic carbocycles. The van der Waals surface area contributed by atoms with E-state index in [4.69, 9.17) is 9.84 Å². The van der Waals surface area contributed by atoms with Gasteiger partial charge in [-0.1, -0.05) is 27.7 Å². The number of nitrogens with one attached hydrogen (secondary N) is 1. The predicted octanol–water partition coefficient (Wildman–Crippen LogP) is 3.08. The fourth-order valence-electron chi connectivity index (χ4n) is 3.10. The topological polar surface area (TPSA) is 39.1 Å². The summed E-state index contributed by atoms with van der Waals surface area (Å²) in [5.41, 5.74) is 4.08. The van der Waals surface area contributed by atoms with Gasteiger partial charge in [-0.3, -0.25) is 4.68 Å². The largest absolute Gasteiger partial charge is 0.378 e. The third-order valence-electron chi connectivity index (χ3n) is 4.29. The highest BCUT2D eigenvalue weighted by Crippen LogP contribution is 2.20. The molecule has 21 heavy (non-hydrogen) atoms. The second kappa shape index (κ2) is 7.95. The summed E-state index contributed by atoms with van der Waals surface area (Å²) in [5, 5.41) is 8.40. The second-order valence-corrected chi connectivity index (χ2v) is 6.26. The minimum Gasteiger partial charge on any atom is -0.378 e. The average molecular weight is 293 g/mol. The maximum Gasteiger partial charge on any atom is 0.0669 e. The Bertz CT molecular complexity index is 433. The minimum absolute atomic E-state index is 0.446. The van der Waals surface area contributed by atoms with Crippen LogP contribution in [0.5, 0.6) is 0 Å². The van der Waals surface area contributed by atoms with Crippen LogP contribution in [-0.2, 0) is 30.7 Å². The molecule has 2 rings (SSSR count). The number of nitrogens with zero attached hydrogens (tertiary/aromatic N) is 2. The van der Waals surface area contributed by atoms with Crippen molar-refractivity contribution in [1.29, 1.82) is 0 Å². The summed E-state index contributed by atoms with van der Waals surface area (Å²) < 4.78 is 7.97. The first-order valence-electron chi connectivity index (χ1n) is 8.58. The quantitative estimate of drug-likeness (QED) is 0.800. The van der Waals surface area contributed by atoms with Gasteiger partial charge in [-0.05, 0) is 32.1 Å². The molecule has 1 unspecified atom stereocenters. The molecule has 1 aromatic rings. The SMILES string of the molecule is CCc1nn(CCC2CCCO2)c(CC)c1CNC(C)C. The Hall–Kier alpha value is -0.870. The summed E-state index contributed by atoms with van der Waals surface area (Å²) in [6.45, 7) is 11.7. The summed E-state index contributed by atoms with van der Waals surface area (Å²) in [7, 11) is 0. The van der Waals surface area contributed by atoms with E-state index in [0.717, 1.165) is 39.0 Å². The molecule has 4 nitrogen and oxygen atoms in total. The van der Waals surface area contributed by atoms with Crippen molar-refractivity contribution in [2.45, 2.75) is 85.0 Å². The molecule has 0 radical (unpaired) electrons. The predicted molar refractivity (Wildman–Crippen MR) is 86.5 cm³/mol. The average Bonchev–Trinajstić information content (AvgIpc) is 3.09. The van der Waals surface area contributed by atoms with Gasteiger partial charge in [-0.2, -0.15) is 5.10 Å². The molecule has 4 heteroatoms. The van der Waals surface area contributed by atoms with E-state index in [-0.39, 0.29) is 0 Å². The molecule has 1 atom stereocenters. The minimum atomic E-state index is 0.446. The molecule has 0 aliphatic carbocycles. The van der Waals surface area contributed by atoms with Crippen molar-refractivity contribution in [2.75, 3.05) is 6.61 Å². The van der Waals surface area contributed by atoms with E-state index in [1.807, 2.05) is 0 Å². The zero-order valence-corrected chi connectivity index (χ0v) is 14.1. The fraction of sp³-hybridized carbons (Fsp3) is 0.824. The Morgan fingerprint density at radius 1 is 1.33 bits per heavy atom. The van der Waals surface area contributed by atoms with E-state index >= 15 is 0 Å². The zero-order valence-electron chi connectivity index (χ0n) is 14.1. The number of ether oxygens (including phenoxy) is 1. The number of aromatic nitrogens is 2. The van der Waals surface area contributed by atoms with Gasteiger partial charge in [0.2, 0.25) is 0 Å². The molecule has 0 amide bonds. The van der Waals surface area contributed by atoms with Gasteiger partial charge in [0.25, 0.3) is 0 Å². The van der Waals surface area contributed by atoms with E-state index in [9.17, 15) is 0 Å². The highest BCUT2D eigenvalue weighted by atomic mass is 16.5. The van der Waals surface area contributed by atoms with Crippen LogP contribution in [0, 0.1) is 0 Å². The lowest BCUT2D eigenvalue weighted by atomic mass is 10.1. The number of rotatable bonds is 8. The molecule has 2 heterocycles. The van der Waals surface area contributed by atoms with Crippen molar-refractivity contribution in [1.82, 2.24) is 15.1 Å². The molecule has 1 fully saturated rings. The monoisotopic (exact) mass is 293 g/mol. The molecule has 1 saturated heterocycles. The van der Waals surface area contributed by atoms with Gasteiger partial charge >= 0.3 is 0 Å². The van der Waals surface area contributed by atoms with Crippen molar-refractivity contribution in [2.24, 2.45) is 0 Å². The van der Waals surface area contributed by atoms with Gasteiger partial charge in [0.15, 0.2) is 0 Å². The number of aryl methyl sites for hydroxylation is 2. The van der Waals surface area contributed by atoms with Crippen molar-refractivity contribution < 1.29 is 4.74 Å². The first kappa shape index (κ1) is 16.5. The molecular formula is C17H31N3O. The summed E-state index contributed by atoms with van der Waals surface area (Å²) in [5.74, 6) is 0. The molecule has 0 bridgehead atoms. The van der Waals surface area contributed by atoms with Gasteiger partial charge in [-0.15, -0.1) is 0 Å². The molecule has 1 N–H and O–H groups in total. The summed E-state index contributed by atoms with van der Waals surface area (Å²) in [6, 6.07) is 0.509. The van der Waals surface area contributed by atoms with E-state index in [2.05, 4.69) is 37.7 Å². The van der Waals surface area contributed by atoms with E-state index in [1.54, 1.807) is 0 Å². The Kier molecular flexibility index (Phi) is 6.24. The van der Waals surface area contributed by atoms with Gasteiger partial charge in [0.05, 0.1) is 11.8 Å². The van der Waals surface area contributed by atoms with Crippen LogP contribution in [0.15, 0.2) is 0 Å². The fourth-order valence-corrected chi connectivity index (χ4v) is 3.10. The maximum atomic E-state index is 5.74. The maximum absolute atomic E-state index is 5.74. The zero-order chi connectivity index (χ0) is 15.2. The molecule has 0 spiro atoms. The summed E-state index contributed by atoms with van der Waals surface area (Å²) in [6.07, 6.45) is 6.03. The lowest BCUT2D eigenvalue weighted by Crippen LogP contribution is -2.23. The summed E-state index contributed by atoms with van der Waals surface area (Å²) in [4.78, 5) is 0. The van der Waals surface area contributed by atoms with Crippen molar-refractivity contribution in [3.05, 3.63) is 17.0 Å². The van der Waals surface area contributed by atoms with Gasteiger partial charge < -0.3 is 10.1 Å². The lowest BCUT2D eigenvalue weighted by Gasteiger charge is -2.12. The van der Waals surface area contributed by atoms with Crippen LogP contribution in [0.4, 0.5) is 0 Å². The molecule has 1 aliphatic rings. The van der Waals surface area contributed by atoms with Crippen molar-refractivity contribution in [3.8, 4) is 0 Å². The lowest BCUT2D eigenvalue weighted by molar-refractivity contribution is 0.0992. The number of hydrogen-bond donors (Lipinski definition) is 1. The van der Waals surface area contributed by atoms with Gasteiger partial charge in [0, 0.05) is 37.0 Å². The standard InChI is InChI=1S/C17H31N3O/c1-5-16-15(12-18-13(3)4)17(6-2)20(19-16)10-9-14-8-7-11-21-14/h13-14,18H,5-12H2,1-4H3. The molecule has 120 valence electrons. The highest BCUT2D eigenvalue weighted by Gasteiger charge is 2.19. The first-order chi connectivity index (χ1) is 10.2. The Balaban J connectivity index is 2.08. The Morgan fingerprint density at radius 2 is 2.14 bits per heavy atom. The van der Waals surface area contributed by atoms with Crippen molar-refractivity contribution in [3.63, 3.8) is 0 Å². The van der Waals surface area contributed by atoms with Gasteiger partial charge in [0.1, 0.15) is 0 Å². The summed E-state index contributed by atoms with van der Waals surface area (Å²) >= 11 is 0. The van der Waals surface area contributed by atoms with Crippen LogP contribution in [0.25, 0.3) is 0 Å². The van der Waals surface area contributed by atoms with Crippen LogP contribution in [0.2, 0.25) is 0 Å². The first-order valence-corrected chi connectivity index (χ1v) is 8.58. The van der Waals surface area contributed by atoms with Crippen LogP contribution in [0.1, 0.15) is 63.9 Å². The van der Waals surface area contributed by atoms with Gasteiger partial charge in [-0.25, -0.2) is 0 Å². The molecule has 1 aliphatic heterocycles.